The van der Waals surface area contributed by atoms with Crippen molar-refractivity contribution >= 4 is 11.8 Å². The van der Waals surface area contributed by atoms with Gasteiger partial charge in [0.2, 0.25) is 0 Å². The maximum absolute atomic E-state index is 13.1. The van der Waals surface area contributed by atoms with Crippen molar-refractivity contribution in [1.82, 2.24) is 35.0 Å². The van der Waals surface area contributed by atoms with E-state index in [1.54, 1.807) is 35.3 Å². The molecule has 2 saturated heterocycles. The van der Waals surface area contributed by atoms with Crippen LogP contribution >= 0.6 is 0 Å². The molecule has 2 amide bonds. The van der Waals surface area contributed by atoms with E-state index in [2.05, 4.69) is 20.5 Å². The molecule has 1 aromatic carbocycles. The molecule has 2 aliphatic rings. The Morgan fingerprint density at radius 2 is 1.61 bits per heavy atom. The number of amides is 2. The molecule has 2 aliphatic heterocycles. The van der Waals surface area contributed by atoms with Crippen LogP contribution in [0.4, 0.5) is 0 Å². The van der Waals surface area contributed by atoms with Gasteiger partial charge in [-0.2, -0.15) is 0 Å². The Balaban J connectivity index is 1.31. The van der Waals surface area contributed by atoms with E-state index >= 15 is 0 Å². The predicted octanol–water partition coefficient (Wildman–Crippen LogP) is 1.12. The number of carbonyl (C=O) groups is 2. The third-order valence-corrected chi connectivity index (χ3v) is 5.67. The van der Waals surface area contributed by atoms with Gasteiger partial charge in [0.1, 0.15) is 6.33 Å². The molecule has 4 heterocycles. The summed E-state index contributed by atoms with van der Waals surface area (Å²) in [6.45, 7) is 1.35. The Morgan fingerprint density at radius 1 is 0.929 bits per heavy atom. The lowest BCUT2D eigenvalue weighted by molar-refractivity contribution is 0.0691. The first kappa shape index (κ1) is 16.7. The van der Waals surface area contributed by atoms with Crippen molar-refractivity contribution in [3.05, 3.63) is 60.2 Å². The van der Waals surface area contributed by atoms with Gasteiger partial charge >= 0.3 is 0 Å². The summed E-state index contributed by atoms with van der Waals surface area (Å²) in [5.74, 6) is 0.0422. The van der Waals surface area contributed by atoms with Gasteiger partial charge in [-0.25, -0.2) is 4.68 Å². The summed E-state index contributed by atoms with van der Waals surface area (Å²) in [5.41, 5.74) is 2.10. The van der Waals surface area contributed by atoms with E-state index in [9.17, 15) is 9.59 Å². The van der Waals surface area contributed by atoms with Gasteiger partial charge in [0.15, 0.2) is 0 Å². The Bertz CT molecular complexity index is 982. The number of carbonyl (C=O) groups excluding carboxylic acids is 2. The van der Waals surface area contributed by atoms with Crippen molar-refractivity contribution in [3.63, 3.8) is 0 Å². The van der Waals surface area contributed by atoms with Crippen LogP contribution in [0.3, 0.4) is 0 Å². The number of H-pyrrole nitrogens is 1. The highest BCUT2D eigenvalue weighted by molar-refractivity contribution is 5.96. The molecule has 28 heavy (non-hydrogen) atoms. The van der Waals surface area contributed by atoms with E-state index < -0.39 is 0 Å². The highest BCUT2D eigenvalue weighted by atomic mass is 16.2. The summed E-state index contributed by atoms with van der Waals surface area (Å²) < 4.78 is 1.54. The van der Waals surface area contributed by atoms with Gasteiger partial charge in [-0.05, 0) is 53.6 Å². The number of aromatic nitrogens is 5. The number of tetrazole rings is 1. The number of nitrogens with zero attached hydrogens (tertiary/aromatic N) is 6. The molecule has 142 valence electrons. The van der Waals surface area contributed by atoms with Crippen molar-refractivity contribution in [3.8, 4) is 5.69 Å². The Hall–Kier alpha value is -3.49. The number of aromatic amines is 1. The third-order valence-electron chi connectivity index (χ3n) is 5.67. The number of rotatable bonds is 3. The summed E-state index contributed by atoms with van der Waals surface area (Å²) in [5, 5.41) is 11.1. The minimum Gasteiger partial charge on any atom is -0.367 e. The first-order valence-corrected chi connectivity index (χ1v) is 9.30. The van der Waals surface area contributed by atoms with Gasteiger partial charge in [0, 0.05) is 31.0 Å². The van der Waals surface area contributed by atoms with Gasteiger partial charge < -0.3 is 14.8 Å². The molecule has 0 aliphatic carbocycles. The average Bonchev–Trinajstić information content (AvgIpc) is 3.52. The zero-order valence-electron chi connectivity index (χ0n) is 15.1. The topological polar surface area (TPSA) is 100 Å². The lowest BCUT2D eigenvalue weighted by atomic mass is 10.1. The van der Waals surface area contributed by atoms with Gasteiger partial charge in [-0.3, -0.25) is 9.59 Å². The molecule has 5 rings (SSSR count). The summed E-state index contributed by atoms with van der Waals surface area (Å²) in [4.78, 5) is 32.6. The molecule has 2 fully saturated rings. The van der Waals surface area contributed by atoms with Crippen LogP contribution in [-0.4, -0.2) is 72.0 Å². The van der Waals surface area contributed by atoms with Crippen molar-refractivity contribution in [2.75, 3.05) is 13.1 Å². The monoisotopic (exact) mass is 377 g/mol. The Labute approximate surface area is 160 Å². The highest BCUT2D eigenvalue weighted by Gasteiger charge is 2.46. The lowest BCUT2D eigenvalue weighted by Crippen LogP contribution is -2.41. The predicted molar refractivity (Wildman–Crippen MR) is 98.8 cm³/mol. The number of hydrogen-bond donors (Lipinski definition) is 1. The number of fused-ring (bicyclic) bond motifs is 1. The average molecular weight is 377 g/mol. The molecule has 9 nitrogen and oxygen atoms in total. The number of hydrogen-bond acceptors (Lipinski definition) is 5. The molecule has 0 radical (unpaired) electrons. The molecule has 1 N–H and O–H groups in total. The van der Waals surface area contributed by atoms with Gasteiger partial charge in [-0.1, -0.05) is 0 Å². The van der Waals surface area contributed by atoms with Gasteiger partial charge in [-0.15, -0.1) is 5.10 Å². The van der Waals surface area contributed by atoms with Crippen molar-refractivity contribution < 1.29 is 9.59 Å². The zero-order valence-corrected chi connectivity index (χ0v) is 15.1. The minimum atomic E-state index is 0.00621. The van der Waals surface area contributed by atoms with E-state index in [0.717, 1.165) is 18.5 Å². The second-order valence-electron chi connectivity index (χ2n) is 7.11. The fourth-order valence-electron chi connectivity index (χ4n) is 4.32. The highest BCUT2D eigenvalue weighted by Crippen LogP contribution is 2.33. The third kappa shape index (κ3) is 2.67. The van der Waals surface area contributed by atoms with Crippen LogP contribution < -0.4 is 0 Å². The minimum absolute atomic E-state index is 0.00621. The standard InChI is InChI=1S/C19H19N7O2/c27-18(13-1-3-15(4-2-13)26-12-21-22-23-26)24-9-6-17-16(24)7-10-25(17)19(28)14-5-8-20-11-14/h1-5,8,11-12,16-17,20H,6-7,9-10H2/t16-,17-/m0/s1. The van der Waals surface area contributed by atoms with Crippen molar-refractivity contribution in [2.45, 2.75) is 24.9 Å². The first-order valence-electron chi connectivity index (χ1n) is 9.30. The van der Waals surface area contributed by atoms with Crippen molar-refractivity contribution in [2.24, 2.45) is 0 Å². The molecule has 2 aromatic heterocycles. The van der Waals surface area contributed by atoms with E-state index in [-0.39, 0.29) is 23.9 Å². The number of nitrogens with one attached hydrogen (secondary N) is 1. The molecule has 9 heteroatoms. The van der Waals surface area contributed by atoms with Crippen LogP contribution in [0.2, 0.25) is 0 Å². The Morgan fingerprint density at radius 3 is 2.18 bits per heavy atom. The van der Waals surface area contributed by atoms with Crippen LogP contribution in [0.5, 0.6) is 0 Å². The van der Waals surface area contributed by atoms with Crippen LogP contribution in [0.15, 0.2) is 49.1 Å². The number of likely N-dealkylation sites (tertiary alicyclic amines) is 2. The van der Waals surface area contributed by atoms with E-state index in [1.165, 1.54) is 6.33 Å². The second kappa shape index (κ2) is 6.59. The Kier molecular flexibility index (Phi) is 3.92. The smallest absolute Gasteiger partial charge is 0.255 e. The quantitative estimate of drug-likeness (QED) is 0.737. The van der Waals surface area contributed by atoms with E-state index in [4.69, 9.17) is 0 Å². The van der Waals surface area contributed by atoms with Crippen LogP contribution in [0.25, 0.3) is 5.69 Å². The maximum atomic E-state index is 13.1. The summed E-state index contributed by atoms with van der Waals surface area (Å²) >= 11 is 0. The molecule has 2 atom stereocenters. The van der Waals surface area contributed by atoms with Crippen LogP contribution in [0, 0.1) is 0 Å². The molecular formula is C19H19N7O2. The fraction of sp³-hybridized carbons (Fsp3) is 0.316. The summed E-state index contributed by atoms with van der Waals surface area (Å²) in [6, 6.07) is 9.21. The molecule has 0 bridgehead atoms. The van der Waals surface area contributed by atoms with Gasteiger partial charge in [0.05, 0.1) is 23.3 Å². The molecule has 0 saturated carbocycles. The molecule has 0 spiro atoms. The molecular weight excluding hydrogens is 358 g/mol. The van der Waals surface area contributed by atoms with E-state index in [1.807, 2.05) is 21.9 Å². The lowest BCUT2D eigenvalue weighted by Gasteiger charge is -2.25. The van der Waals surface area contributed by atoms with E-state index in [0.29, 0.717) is 24.2 Å². The second-order valence-corrected chi connectivity index (χ2v) is 7.11. The first-order chi connectivity index (χ1) is 13.7. The maximum Gasteiger partial charge on any atom is 0.255 e. The van der Waals surface area contributed by atoms with Crippen LogP contribution in [-0.2, 0) is 0 Å². The molecule has 3 aromatic rings. The largest absolute Gasteiger partial charge is 0.367 e. The van der Waals surface area contributed by atoms with Crippen molar-refractivity contribution in [1.29, 1.82) is 0 Å². The summed E-state index contributed by atoms with van der Waals surface area (Å²) in [6.07, 6.45) is 6.62. The number of benzene rings is 1. The fourth-order valence-corrected chi connectivity index (χ4v) is 4.32. The SMILES string of the molecule is O=C(c1ccc(-n2cnnn2)cc1)N1CC[C@H]2[C@@H]1CCN2C(=O)c1cc[nH]c1. The normalized spacial score (nSPS) is 21.1. The van der Waals surface area contributed by atoms with Gasteiger partial charge in [0.25, 0.3) is 11.8 Å². The summed E-state index contributed by atoms with van der Waals surface area (Å²) in [7, 11) is 0. The molecule has 0 unspecified atom stereocenters. The van der Waals surface area contributed by atoms with Crippen LogP contribution in [0.1, 0.15) is 33.6 Å². The zero-order chi connectivity index (χ0) is 19.1.